The van der Waals surface area contributed by atoms with Gasteiger partial charge in [0.2, 0.25) is 0 Å². The molecule has 4 rings (SSSR count). The van der Waals surface area contributed by atoms with Gasteiger partial charge >= 0.3 is 0 Å². The largest absolute Gasteiger partial charge is 0.294 e. The summed E-state index contributed by atoms with van der Waals surface area (Å²) in [6.45, 7) is 0. The summed E-state index contributed by atoms with van der Waals surface area (Å²) in [6.07, 6.45) is 1.75. The molecule has 1 heteroatoms. The normalized spacial score (nSPS) is 14.3. The molecule has 0 heterocycles. The van der Waals surface area contributed by atoms with E-state index in [-0.39, 0.29) is 11.7 Å². The number of benzene rings is 3. The van der Waals surface area contributed by atoms with Crippen molar-refractivity contribution < 1.29 is 4.79 Å². The molecule has 0 unspecified atom stereocenters. The van der Waals surface area contributed by atoms with Crippen LogP contribution in [0.25, 0.3) is 10.8 Å². The molecule has 1 nitrogen and oxygen atoms in total. The van der Waals surface area contributed by atoms with Gasteiger partial charge in [-0.2, -0.15) is 0 Å². The van der Waals surface area contributed by atoms with Crippen molar-refractivity contribution in [1.29, 1.82) is 0 Å². The van der Waals surface area contributed by atoms with Gasteiger partial charge < -0.3 is 0 Å². The molecule has 0 aromatic heterocycles. The van der Waals surface area contributed by atoms with Crippen LogP contribution < -0.4 is 0 Å². The predicted octanol–water partition coefficient (Wildman–Crippen LogP) is 4.44. The summed E-state index contributed by atoms with van der Waals surface area (Å²) in [6, 6.07) is 22.6. The summed E-state index contributed by atoms with van der Waals surface area (Å²) < 4.78 is 0. The molecule has 0 radical (unpaired) electrons. The van der Waals surface area contributed by atoms with Crippen molar-refractivity contribution in [2.24, 2.45) is 5.92 Å². The number of carbonyl (C=O) groups is 1. The standard InChI is InChI=1S/C20H16O/c21-20(17-12-15-7-1-2-8-16(15)13-17)19-11-5-9-14-6-3-4-10-18(14)19/h1-11,17H,12-13H2. The maximum Gasteiger partial charge on any atom is 0.167 e. The average Bonchev–Trinajstić information content (AvgIpc) is 2.97. The van der Waals surface area contributed by atoms with E-state index in [4.69, 9.17) is 0 Å². The van der Waals surface area contributed by atoms with Crippen LogP contribution in [0.5, 0.6) is 0 Å². The van der Waals surface area contributed by atoms with Crippen molar-refractivity contribution in [3.05, 3.63) is 83.4 Å². The van der Waals surface area contributed by atoms with Crippen LogP contribution in [0.15, 0.2) is 66.7 Å². The Balaban J connectivity index is 1.72. The topological polar surface area (TPSA) is 17.1 Å². The van der Waals surface area contributed by atoms with E-state index in [1.807, 2.05) is 30.3 Å². The van der Waals surface area contributed by atoms with Crippen molar-refractivity contribution in [2.75, 3.05) is 0 Å². The lowest BCUT2D eigenvalue weighted by Crippen LogP contribution is -2.15. The first-order valence-corrected chi connectivity index (χ1v) is 7.42. The summed E-state index contributed by atoms with van der Waals surface area (Å²) >= 11 is 0. The molecule has 1 aliphatic carbocycles. The Morgan fingerprint density at radius 2 is 1.38 bits per heavy atom. The zero-order valence-electron chi connectivity index (χ0n) is 11.8. The second-order valence-electron chi connectivity index (χ2n) is 5.76. The summed E-state index contributed by atoms with van der Waals surface area (Å²) in [5, 5.41) is 2.21. The van der Waals surface area contributed by atoms with Gasteiger partial charge in [0.25, 0.3) is 0 Å². The Kier molecular flexibility index (Phi) is 2.85. The van der Waals surface area contributed by atoms with E-state index in [0.717, 1.165) is 29.2 Å². The van der Waals surface area contributed by atoms with Gasteiger partial charge in [-0.1, -0.05) is 66.7 Å². The van der Waals surface area contributed by atoms with Crippen LogP contribution in [0.2, 0.25) is 0 Å². The van der Waals surface area contributed by atoms with E-state index in [1.165, 1.54) is 11.1 Å². The molecular weight excluding hydrogens is 256 g/mol. The molecule has 1 aliphatic rings. The number of hydrogen-bond acceptors (Lipinski definition) is 1. The minimum atomic E-state index is 0.0909. The monoisotopic (exact) mass is 272 g/mol. The van der Waals surface area contributed by atoms with Crippen LogP contribution in [-0.2, 0) is 12.8 Å². The predicted molar refractivity (Wildman–Crippen MR) is 85.6 cm³/mol. The van der Waals surface area contributed by atoms with E-state index in [1.54, 1.807) is 0 Å². The number of Topliss-reactive ketones (excluding diaryl/α,β-unsaturated/α-hetero) is 1. The summed E-state index contributed by atoms with van der Waals surface area (Å²) in [7, 11) is 0. The van der Waals surface area contributed by atoms with Gasteiger partial charge in [-0.25, -0.2) is 0 Å². The zero-order valence-corrected chi connectivity index (χ0v) is 11.8. The second kappa shape index (κ2) is 4.85. The Morgan fingerprint density at radius 3 is 2.14 bits per heavy atom. The fourth-order valence-corrected chi connectivity index (χ4v) is 3.40. The lowest BCUT2D eigenvalue weighted by molar-refractivity contribution is 0.0926. The van der Waals surface area contributed by atoms with Crippen molar-refractivity contribution in [2.45, 2.75) is 12.8 Å². The Morgan fingerprint density at radius 1 is 0.762 bits per heavy atom. The van der Waals surface area contributed by atoms with Gasteiger partial charge in [-0.15, -0.1) is 0 Å². The molecular formula is C20H16O. The van der Waals surface area contributed by atoms with Crippen LogP contribution in [0.3, 0.4) is 0 Å². The number of fused-ring (bicyclic) bond motifs is 2. The van der Waals surface area contributed by atoms with Gasteiger partial charge in [0, 0.05) is 11.5 Å². The smallest absolute Gasteiger partial charge is 0.167 e. The van der Waals surface area contributed by atoms with Gasteiger partial charge in [0.05, 0.1) is 0 Å². The molecule has 0 saturated heterocycles. The molecule has 0 saturated carbocycles. The molecule has 0 atom stereocenters. The summed E-state index contributed by atoms with van der Waals surface area (Å²) in [4.78, 5) is 12.9. The molecule has 0 N–H and O–H groups in total. The van der Waals surface area contributed by atoms with Crippen LogP contribution in [-0.4, -0.2) is 5.78 Å². The van der Waals surface area contributed by atoms with E-state index < -0.39 is 0 Å². The number of carbonyl (C=O) groups excluding carboxylic acids is 1. The average molecular weight is 272 g/mol. The Hall–Kier alpha value is -2.41. The highest BCUT2D eigenvalue weighted by molar-refractivity contribution is 6.09. The molecule has 3 aromatic rings. The first kappa shape index (κ1) is 12.3. The minimum Gasteiger partial charge on any atom is -0.294 e. The maximum absolute atomic E-state index is 12.9. The van der Waals surface area contributed by atoms with Crippen LogP contribution >= 0.6 is 0 Å². The summed E-state index contributed by atoms with van der Waals surface area (Å²) in [5.41, 5.74) is 3.53. The Bertz CT molecular complexity index is 802. The van der Waals surface area contributed by atoms with Gasteiger partial charge in [0.15, 0.2) is 5.78 Å². The van der Waals surface area contributed by atoms with E-state index >= 15 is 0 Å². The van der Waals surface area contributed by atoms with Crippen LogP contribution in [0, 0.1) is 5.92 Å². The lowest BCUT2D eigenvalue weighted by Gasteiger charge is -2.10. The van der Waals surface area contributed by atoms with Crippen molar-refractivity contribution in [1.82, 2.24) is 0 Å². The quantitative estimate of drug-likeness (QED) is 0.630. The lowest BCUT2D eigenvalue weighted by atomic mass is 9.91. The third-order valence-electron chi connectivity index (χ3n) is 4.48. The van der Waals surface area contributed by atoms with Gasteiger partial charge in [-0.3, -0.25) is 4.79 Å². The van der Waals surface area contributed by atoms with E-state index in [2.05, 4.69) is 36.4 Å². The Labute approximate surface area is 124 Å². The maximum atomic E-state index is 12.9. The fourth-order valence-electron chi connectivity index (χ4n) is 3.40. The van der Waals surface area contributed by atoms with Crippen molar-refractivity contribution in [3.63, 3.8) is 0 Å². The SMILES string of the molecule is O=C(c1cccc2ccccc12)C1Cc2ccccc2C1. The molecule has 3 aromatic carbocycles. The number of rotatable bonds is 2. The molecule has 0 aliphatic heterocycles. The third-order valence-corrected chi connectivity index (χ3v) is 4.48. The van der Waals surface area contributed by atoms with Crippen LogP contribution in [0.4, 0.5) is 0 Å². The van der Waals surface area contributed by atoms with Gasteiger partial charge in [-0.05, 0) is 34.7 Å². The van der Waals surface area contributed by atoms with Crippen LogP contribution in [0.1, 0.15) is 21.5 Å². The van der Waals surface area contributed by atoms with E-state index in [9.17, 15) is 4.79 Å². The zero-order chi connectivity index (χ0) is 14.2. The number of hydrogen-bond donors (Lipinski definition) is 0. The first-order valence-electron chi connectivity index (χ1n) is 7.42. The molecule has 0 fully saturated rings. The highest BCUT2D eigenvalue weighted by atomic mass is 16.1. The molecule has 0 spiro atoms. The minimum absolute atomic E-state index is 0.0909. The van der Waals surface area contributed by atoms with E-state index in [0.29, 0.717) is 0 Å². The highest BCUT2D eigenvalue weighted by Crippen LogP contribution is 2.30. The summed E-state index contributed by atoms with van der Waals surface area (Å²) in [5.74, 6) is 0.371. The fraction of sp³-hybridized carbons (Fsp3) is 0.150. The molecule has 0 bridgehead atoms. The molecule has 21 heavy (non-hydrogen) atoms. The molecule has 102 valence electrons. The molecule has 0 amide bonds. The first-order chi connectivity index (χ1) is 10.3. The second-order valence-corrected chi connectivity index (χ2v) is 5.76. The third kappa shape index (κ3) is 2.06. The highest BCUT2D eigenvalue weighted by Gasteiger charge is 2.28. The van der Waals surface area contributed by atoms with Gasteiger partial charge in [0.1, 0.15) is 0 Å². The van der Waals surface area contributed by atoms with Crippen molar-refractivity contribution >= 4 is 16.6 Å². The number of ketones is 1. The van der Waals surface area contributed by atoms with Crippen molar-refractivity contribution in [3.8, 4) is 0 Å².